The lowest BCUT2D eigenvalue weighted by Gasteiger charge is -2.47. The quantitative estimate of drug-likeness (QED) is 0.164. The van der Waals surface area contributed by atoms with Gasteiger partial charge in [-0.05, 0) is 128 Å². The van der Waals surface area contributed by atoms with Crippen LogP contribution in [0.2, 0.25) is 0 Å². The standard InChI is InChI=1S/C56H49BN2S2/c1-54(2,3)37-25-26-44(39(31-37)35-19-12-9-13-20-35)58-46-30-36(34-17-10-8-11-18-34)29-40-38-21-16-24-48-51(38)59(45-22-14-15-23-47(45)60-48)57(50(40)46)53-52(58)41-32-42-43(33-49(41)61-53)56(6,7)28-27-55(42,4)5/h8-26,29-33H,27-28H2,1-7H3. The van der Waals surface area contributed by atoms with Crippen LogP contribution in [0.3, 0.4) is 0 Å². The van der Waals surface area contributed by atoms with E-state index in [4.69, 9.17) is 0 Å². The molecule has 0 unspecified atom stereocenters. The van der Waals surface area contributed by atoms with Gasteiger partial charge in [-0.3, -0.25) is 0 Å². The monoisotopic (exact) mass is 824 g/mol. The summed E-state index contributed by atoms with van der Waals surface area (Å²) in [7, 11) is 0. The summed E-state index contributed by atoms with van der Waals surface area (Å²) in [5, 5.41) is 1.36. The maximum absolute atomic E-state index is 2.73. The van der Waals surface area contributed by atoms with Gasteiger partial charge in [-0.1, -0.05) is 151 Å². The Balaban J connectivity index is 1.26. The Labute approximate surface area is 369 Å². The van der Waals surface area contributed by atoms with Crippen molar-refractivity contribution in [3.05, 3.63) is 162 Å². The molecular weight excluding hydrogens is 776 g/mol. The Morgan fingerprint density at radius 2 is 1.21 bits per heavy atom. The zero-order valence-corrected chi connectivity index (χ0v) is 37.7. The van der Waals surface area contributed by atoms with Crippen molar-refractivity contribution in [2.75, 3.05) is 9.71 Å². The molecule has 0 spiro atoms. The number of thiophene rings is 1. The van der Waals surface area contributed by atoms with Crippen LogP contribution in [0, 0.1) is 0 Å². The summed E-state index contributed by atoms with van der Waals surface area (Å²) in [6.07, 6.45) is 2.37. The number of benzene rings is 7. The molecule has 4 aliphatic rings. The number of anilines is 5. The highest BCUT2D eigenvalue weighted by molar-refractivity contribution is 7.99. The number of hydrogen-bond donors (Lipinski definition) is 0. The number of rotatable bonds is 3. The van der Waals surface area contributed by atoms with Gasteiger partial charge >= 0.3 is 6.85 Å². The third-order valence-electron chi connectivity index (χ3n) is 14.2. The zero-order chi connectivity index (χ0) is 41.6. The van der Waals surface area contributed by atoms with Crippen LogP contribution in [-0.2, 0) is 16.2 Å². The van der Waals surface area contributed by atoms with Crippen LogP contribution in [0.25, 0.3) is 43.5 Å². The summed E-state index contributed by atoms with van der Waals surface area (Å²) in [6.45, 7) is 16.9. The smallest absolute Gasteiger partial charge is 0.343 e. The van der Waals surface area contributed by atoms with Crippen molar-refractivity contribution in [3.8, 4) is 33.4 Å². The van der Waals surface area contributed by atoms with Gasteiger partial charge in [-0.2, -0.15) is 0 Å². The second-order valence-corrected chi connectivity index (χ2v) is 22.1. The summed E-state index contributed by atoms with van der Waals surface area (Å²) in [6, 6.07) is 55.8. The highest BCUT2D eigenvalue weighted by Crippen LogP contribution is 2.58. The Bertz CT molecular complexity index is 3120. The second kappa shape index (κ2) is 13.0. The van der Waals surface area contributed by atoms with E-state index >= 15 is 0 Å². The average Bonchev–Trinajstić information content (AvgIpc) is 3.64. The molecule has 3 aliphatic heterocycles. The molecule has 7 aromatic carbocycles. The van der Waals surface area contributed by atoms with Gasteiger partial charge in [-0.25, -0.2) is 0 Å². The zero-order valence-electron chi connectivity index (χ0n) is 36.1. The maximum atomic E-state index is 2.73. The molecule has 12 rings (SSSR count). The van der Waals surface area contributed by atoms with Gasteiger partial charge in [0.15, 0.2) is 0 Å². The third kappa shape index (κ3) is 5.49. The molecule has 0 saturated carbocycles. The fourth-order valence-corrected chi connectivity index (χ4v) is 13.2. The second-order valence-electron chi connectivity index (χ2n) is 20.0. The minimum atomic E-state index is -0.0137. The molecule has 0 bridgehead atoms. The van der Waals surface area contributed by atoms with Crippen molar-refractivity contribution in [2.24, 2.45) is 0 Å². The van der Waals surface area contributed by atoms with Crippen molar-refractivity contribution in [3.63, 3.8) is 0 Å². The SMILES string of the molecule is CC(C)(C)c1ccc(N2c3cc(-c4ccccc4)cc4c3B(c3sc5cc6c(cc5c32)C(C)(C)CCC6(C)C)N2c3ccccc3Sc3cccc-4c32)c(-c2ccccc2)c1. The maximum Gasteiger partial charge on any atom is 0.343 e. The third-order valence-corrected chi connectivity index (χ3v) is 16.5. The molecule has 2 nitrogen and oxygen atoms in total. The molecule has 61 heavy (non-hydrogen) atoms. The van der Waals surface area contributed by atoms with E-state index in [-0.39, 0.29) is 23.1 Å². The molecule has 5 heteroatoms. The van der Waals surface area contributed by atoms with Gasteiger partial charge in [0.25, 0.3) is 0 Å². The average molecular weight is 825 g/mol. The van der Waals surface area contributed by atoms with E-state index in [2.05, 4.69) is 204 Å². The molecule has 298 valence electrons. The summed E-state index contributed by atoms with van der Waals surface area (Å²) in [5.41, 5.74) is 19.9. The minimum Gasteiger partial charge on any atom is -0.374 e. The van der Waals surface area contributed by atoms with Gasteiger partial charge in [0.2, 0.25) is 0 Å². The minimum absolute atomic E-state index is 0.0127. The molecule has 0 amide bonds. The van der Waals surface area contributed by atoms with E-state index < -0.39 is 0 Å². The molecule has 1 aromatic heterocycles. The van der Waals surface area contributed by atoms with Gasteiger partial charge in [0.1, 0.15) is 0 Å². The van der Waals surface area contributed by atoms with Crippen molar-refractivity contribution in [1.82, 2.24) is 0 Å². The van der Waals surface area contributed by atoms with Crippen LogP contribution < -0.4 is 20.0 Å². The predicted molar refractivity (Wildman–Crippen MR) is 265 cm³/mol. The largest absolute Gasteiger partial charge is 0.374 e. The van der Waals surface area contributed by atoms with E-state index in [1.54, 1.807) is 0 Å². The number of para-hydroxylation sites is 2. The van der Waals surface area contributed by atoms with Crippen LogP contribution in [0.4, 0.5) is 28.4 Å². The van der Waals surface area contributed by atoms with Crippen molar-refractivity contribution < 1.29 is 0 Å². The van der Waals surface area contributed by atoms with Crippen LogP contribution in [0.15, 0.2) is 155 Å². The van der Waals surface area contributed by atoms with E-state index in [1.165, 1.54) is 121 Å². The van der Waals surface area contributed by atoms with Crippen LogP contribution in [0.1, 0.15) is 78.0 Å². The summed E-state index contributed by atoms with van der Waals surface area (Å²) < 4.78 is 2.79. The van der Waals surface area contributed by atoms with Crippen LogP contribution in [-0.4, -0.2) is 6.85 Å². The van der Waals surface area contributed by atoms with Crippen molar-refractivity contribution in [2.45, 2.75) is 87.3 Å². The van der Waals surface area contributed by atoms with E-state index in [9.17, 15) is 0 Å². The highest BCUT2D eigenvalue weighted by atomic mass is 32.2. The molecule has 0 radical (unpaired) electrons. The molecule has 0 fully saturated rings. The first-order valence-electron chi connectivity index (χ1n) is 21.9. The predicted octanol–water partition coefficient (Wildman–Crippen LogP) is 15.1. The van der Waals surface area contributed by atoms with Crippen LogP contribution >= 0.6 is 23.1 Å². The fourth-order valence-electron chi connectivity index (χ4n) is 10.8. The van der Waals surface area contributed by atoms with Crippen LogP contribution in [0.5, 0.6) is 0 Å². The first kappa shape index (κ1) is 37.3. The molecule has 0 atom stereocenters. The first-order chi connectivity index (χ1) is 29.4. The van der Waals surface area contributed by atoms with E-state index in [1.807, 2.05) is 23.1 Å². The molecule has 4 heterocycles. The number of nitrogens with zero attached hydrogens (tertiary/aromatic N) is 2. The number of hydrogen-bond acceptors (Lipinski definition) is 4. The Kier molecular flexibility index (Phi) is 7.96. The summed E-state index contributed by atoms with van der Waals surface area (Å²) in [5.74, 6) is 0. The number of fused-ring (bicyclic) bond motifs is 9. The highest BCUT2D eigenvalue weighted by Gasteiger charge is 2.50. The lowest BCUT2D eigenvalue weighted by Crippen LogP contribution is -2.61. The lowest BCUT2D eigenvalue weighted by molar-refractivity contribution is 0.332. The van der Waals surface area contributed by atoms with Crippen molar-refractivity contribution in [1.29, 1.82) is 0 Å². The van der Waals surface area contributed by atoms with E-state index in [0.717, 1.165) is 0 Å². The Morgan fingerprint density at radius 1 is 0.541 bits per heavy atom. The van der Waals surface area contributed by atoms with E-state index in [0.29, 0.717) is 0 Å². The van der Waals surface area contributed by atoms with Crippen molar-refractivity contribution >= 4 is 78.7 Å². The molecular formula is C56H49BN2S2. The normalized spacial score (nSPS) is 16.4. The first-order valence-corrected chi connectivity index (χ1v) is 23.6. The molecule has 0 saturated heterocycles. The fraction of sp³-hybridized carbons (Fsp3) is 0.214. The Hall–Kier alpha value is -5.49. The van der Waals surface area contributed by atoms with Gasteiger partial charge in [-0.15, -0.1) is 11.3 Å². The Morgan fingerprint density at radius 3 is 1.95 bits per heavy atom. The topological polar surface area (TPSA) is 6.48 Å². The summed E-state index contributed by atoms with van der Waals surface area (Å²) in [4.78, 5) is 8.07. The molecule has 8 aromatic rings. The van der Waals surface area contributed by atoms with Gasteiger partial charge in [0, 0.05) is 47.2 Å². The summed E-state index contributed by atoms with van der Waals surface area (Å²) >= 11 is 3.94. The molecule has 1 aliphatic carbocycles. The van der Waals surface area contributed by atoms with Gasteiger partial charge in [0.05, 0.1) is 17.1 Å². The molecule has 0 N–H and O–H groups in total. The lowest BCUT2D eigenvalue weighted by atomic mass is 9.46. The van der Waals surface area contributed by atoms with Gasteiger partial charge < -0.3 is 9.71 Å².